The standard InChI is InChI=1S/C13H18N2OS/c1-5-16-10-7-11-9(15-12(14)17-11)6-8(10)13(2,3)4/h6-7H,5H2,1-4H3,(H2,14,15). The zero-order valence-electron chi connectivity index (χ0n) is 10.7. The molecule has 0 aliphatic carbocycles. The second-order valence-corrected chi connectivity index (χ2v) is 6.11. The maximum Gasteiger partial charge on any atom is 0.181 e. The average Bonchev–Trinajstić information content (AvgIpc) is 2.55. The SMILES string of the molecule is CCOc1cc2sc(N)nc2cc1C(C)(C)C. The number of thiazole rings is 1. The number of nitrogens with two attached hydrogens (primary N) is 1. The first-order valence-corrected chi connectivity index (χ1v) is 6.57. The summed E-state index contributed by atoms with van der Waals surface area (Å²) in [7, 11) is 0. The molecule has 0 atom stereocenters. The molecule has 0 aliphatic heterocycles. The van der Waals surface area contributed by atoms with E-state index in [-0.39, 0.29) is 5.41 Å². The van der Waals surface area contributed by atoms with Gasteiger partial charge in [0.25, 0.3) is 0 Å². The molecule has 0 amide bonds. The highest BCUT2D eigenvalue weighted by Gasteiger charge is 2.20. The Morgan fingerprint density at radius 2 is 2.06 bits per heavy atom. The Morgan fingerprint density at radius 1 is 1.35 bits per heavy atom. The lowest BCUT2D eigenvalue weighted by Gasteiger charge is -2.22. The molecule has 0 aliphatic rings. The van der Waals surface area contributed by atoms with Gasteiger partial charge in [0.1, 0.15) is 5.75 Å². The Kier molecular flexibility index (Phi) is 3.00. The minimum absolute atomic E-state index is 0.0388. The summed E-state index contributed by atoms with van der Waals surface area (Å²) in [4.78, 5) is 4.33. The molecule has 92 valence electrons. The fourth-order valence-electron chi connectivity index (χ4n) is 1.83. The van der Waals surface area contributed by atoms with E-state index in [0.29, 0.717) is 11.7 Å². The predicted octanol–water partition coefficient (Wildman–Crippen LogP) is 3.57. The number of rotatable bonds is 2. The number of benzene rings is 1. The van der Waals surface area contributed by atoms with Crippen LogP contribution < -0.4 is 10.5 Å². The smallest absolute Gasteiger partial charge is 0.181 e. The summed E-state index contributed by atoms with van der Waals surface area (Å²) in [6.07, 6.45) is 0. The van der Waals surface area contributed by atoms with Gasteiger partial charge in [-0.3, -0.25) is 0 Å². The summed E-state index contributed by atoms with van der Waals surface area (Å²) in [6, 6.07) is 4.14. The summed E-state index contributed by atoms with van der Waals surface area (Å²) in [5, 5.41) is 0.605. The molecule has 2 rings (SSSR count). The van der Waals surface area contributed by atoms with Crippen LogP contribution in [0.15, 0.2) is 12.1 Å². The van der Waals surface area contributed by atoms with Gasteiger partial charge in [-0.2, -0.15) is 0 Å². The summed E-state index contributed by atoms with van der Waals surface area (Å²) < 4.78 is 6.80. The molecule has 0 saturated heterocycles. The summed E-state index contributed by atoms with van der Waals surface area (Å²) >= 11 is 1.50. The van der Waals surface area contributed by atoms with Crippen LogP contribution in [0, 0.1) is 0 Å². The highest BCUT2D eigenvalue weighted by Crippen LogP contribution is 2.37. The first kappa shape index (κ1) is 12.2. The van der Waals surface area contributed by atoms with Gasteiger partial charge in [0.15, 0.2) is 5.13 Å². The van der Waals surface area contributed by atoms with Crippen LogP contribution in [-0.2, 0) is 5.41 Å². The van der Waals surface area contributed by atoms with Crippen molar-refractivity contribution in [3.05, 3.63) is 17.7 Å². The Hall–Kier alpha value is -1.29. The van der Waals surface area contributed by atoms with Crippen molar-refractivity contribution in [2.75, 3.05) is 12.3 Å². The molecule has 0 unspecified atom stereocenters. The Morgan fingerprint density at radius 3 is 2.65 bits per heavy atom. The third-order valence-electron chi connectivity index (χ3n) is 2.61. The van der Waals surface area contributed by atoms with Crippen LogP contribution >= 0.6 is 11.3 Å². The van der Waals surface area contributed by atoms with E-state index in [2.05, 4.69) is 31.8 Å². The normalized spacial score (nSPS) is 12.0. The third-order valence-corrected chi connectivity index (χ3v) is 3.46. The highest BCUT2D eigenvalue weighted by molar-refractivity contribution is 7.22. The average molecular weight is 250 g/mol. The summed E-state index contributed by atoms with van der Waals surface area (Å²) in [5.74, 6) is 0.941. The van der Waals surface area contributed by atoms with E-state index >= 15 is 0 Å². The molecule has 0 spiro atoms. The van der Waals surface area contributed by atoms with Crippen LogP contribution in [0.3, 0.4) is 0 Å². The molecule has 2 N–H and O–H groups in total. The molecule has 1 heterocycles. The highest BCUT2D eigenvalue weighted by atomic mass is 32.1. The number of aromatic nitrogens is 1. The van der Waals surface area contributed by atoms with Crippen molar-refractivity contribution in [1.29, 1.82) is 0 Å². The lowest BCUT2D eigenvalue weighted by Crippen LogP contribution is -2.13. The molecule has 1 aromatic carbocycles. The Balaban J connectivity index is 2.65. The van der Waals surface area contributed by atoms with E-state index < -0.39 is 0 Å². The number of anilines is 1. The van der Waals surface area contributed by atoms with Crippen LogP contribution in [0.1, 0.15) is 33.3 Å². The van der Waals surface area contributed by atoms with Gasteiger partial charge in [-0.15, -0.1) is 0 Å². The van der Waals surface area contributed by atoms with E-state index in [9.17, 15) is 0 Å². The third kappa shape index (κ3) is 2.36. The monoisotopic (exact) mass is 250 g/mol. The zero-order valence-corrected chi connectivity index (χ0v) is 11.5. The maximum atomic E-state index is 5.74. The summed E-state index contributed by atoms with van der Waals surface area (Å²) in [6.45, 7) is 9.19. The fraction of sp³-hybridized carbons (Fsp3) is 0.462. The minimum atomic E-state index is 0.0388. The number of fused-ring (bicyclic) bond motifs is 1. The Labute approximate surface area is 106 Å². The van der Waals surface area contributed by atoms with Gasteiger partial charge in [0, 0.05) is 5.56 Å². The molecule has 0 radical (unpaired) electrons. The van der Waals surface area contributed by atoms with Crippen molar-refractivity contribution in [2.24, 2.45) is 0 Å². The largest absolute Gasteiger partial charge is 0.494 e. The molecule has 4 heteroatoms. The van der Waals surface area contributed by atoms with Crippen LogP contribution in [0.4, 0.5) is 5.13 Å². The van der Waals surface area contributed by atoms with Crippen molar-refractivity contribution in [1.82, 2.24) is 4.98 Å². The topological polar surface area (TPSA) is 48.1 Å². The number of hydrogen-bond donors (Lipinski definition) is 1. The van der Waals surface area contributed by atoms with Gasteiger partial charge in [-0.25, -0.2) is 4.98 Å². The number of ether oxygens (including phenoxy) is 1. The molecule has 3 nitrogen and oxygen atoms in total. The van der Waals surface area contributed by atoms with E-state index in [0.717, 1.165) is 16.0 Å². The lowest BCUT2D eigenvalue weighted by molar-refractivity contribution is 0.330. The number of hydrogen-bond acceptors (Lipinski definition) is 4. The molecule has 1 aromatic heterocycles. The molecule has 17 heavy (non-hydrogen) atoms. The minimum Gasteiger partial charge on any atom is -0.494 e. The second-order valence-electron chi connectivity index (χ2n) is 5.05. The maximum absolute atomic E-state index is 5.74. The quantitative estimate of drug-likeness (QED) is 0.886. The van der Waals surface area contributed by atoms with Gasteiger partial charge < -0.3 is 10.5 Å². The molecule has 0 saturated carbocycles. The predicted molar refractivity (Wildman–Crippen MR) is 73.9 cm³/mol. The van der Waals surface area contributed by atoms with E-state index in [1.807, 2.05) is 13.0 Å². The van der Waals surface area contributed by atoms with E-state index in [1.165, 1.54) is 16.9 Å². The van der Waals surface area contributed by atoms with Crippen molar-refractivity contribution >= 4 is 26.7 Å². The molecule has 0 fully saturated rings. The molecular weight excluding hydrogens is 232 g/mol. The van der Waals surface area contributed by atoms with Crippen molar-refractivity contribution < 1.29 is 4.74 Å². The van der Waals surface area contributed by atoms with Crippen LogP contribution in [0.25, 0.3) is 10.2 Å². The Bertz CT molecular complexity index is 540. The van der Waals surface area contributed by atoms with E-state index in [1.54, 1.807) is 0 Å². The van der Waals surface area contributed by atoms with Gasteiger partial charge in [-0.05, 0) is 24.5 Å². The van der Waals surface area contributed by atoms with Crippen molar-refractivity contribution in [2.45, 2.75) is 33.1 Å². The van der Waals surface area contributed by atoms with Gasteiger partial charge in [-0.1, -0.05) is 32.1 Å². The van der Waals surface area contributed by atoms with Crippen LogP contribution in [0.5, 0.6) is 5.75 Å². The molecular formula is C13H18N2OS. The van der Waals surface area contributed by atoms with Gasteiger partial charge in [0.2, 0.25) is 0 Å². The van der Waals surface area contributed by atoms with Crippen LogP contribution in [0.2, 0.25) is 0 Å². The van der Waals surface area contributed by atoms with Gasteiger partial charge >= 0.3 is 0 Å². The number of nitrogen functional groups attached to an aromatic ring is 1. The van der Waals surface area contributed by atoms with Crippen LogP contribution in [-0.4, -0.2) is 11.6 Å². The van der Waals surface area contributed by atoms with Crippen molar-refractivity contribution in [3.63, 3.8) is 0 Å². The lowest BCUT2D eigenvalue weighted by atomic mass is 9.86. The zero-order chi connectivity index (χ0) is 12.6. The summed E-state index contributed by atoms with van der Waals surface area (Å²) in [5.41, 5.74) is 7.92. The van der Waals surface area contributed by atoms with E-state index in [4.69, 9.17) is 10.5 Å². The second kappa shape index (κ2) is 4.18. The fourth-order valence-corrected chi connectivity index (χ4v) is 2.58. The first-order valence-electron chi connectivity index (χ1n) is 5.75. The van der Waals surface area contributed by atoms with Crippen molar-refractivity contribution in [3.8, 4) is 5.75 Å². The molecule has 0 bridgehead atoms. The van der Waals surface area contributed by atoms with Gasteiger partial charge in [0.05, 0.1) is 16.8 Å². The first-order chi connectivity index (χ1) is 7.91. The molecule has 2 aromatic rings. The number of nitrogens with zero attached hydrogens (tertiary/aromatic N) is 1.